The number of halogens is 3. The molecule has 4 rings (SSSR count). The number of imidazole rings is 1. The number of fused-ring (bicyclic) bond motifs is 1. The molecule has 0 radical (unpaired) electrons. The summed E-state index contributed by atoms with van der Waals surface area (Å²) in [6.45, 7) is 0. The average molecular weight is 421 g/mol. The standard InChI is InChI=1S/C22H14F3N5O/c23-22(24,25)16-7-5-15(6-8-16)20-17(9-13-1-3-14(10-26)4-2-13)29-19-11-28-18(21(27)31)12-30(19)20/h1-8,11-12H,9H2,(H2,27,31). The molecule has 0 aliphatic carbocycles. The number of nitriles is 1. The normalized spacial score (nSPS) is 11.4. The highest BCUT2D eigenvalue weighted by molar-refractivity contribution is 5.90. The predicted octanol–water partition coefficient (Wildman–Crippen LogP) is 3.98. The molecule has 0 unspecified atom stereocenters. The van der Waals surface area contributed by atoms with Gasteiger partial charge in [0.15, 0.2) is 5.65 Å². The van der Waals surface area contributed by atoms with Crippen molar-refractivity contribution in [3.63, 3.8) is 0 Å². The van der Waals surface area contributed by atoms with Crippen LogP contribution in [0, 0.1) is 11.3 Å². The largest absolute Gasteiger partial charge is 0.416 e. The van der Waals surface area contributed by atoms with Crippen LogP contribution in [0.3, 0.4) is 0 Å². The molecule has 1 amide bonds. The van der Waals surface area contributed by atoms with Gasteiger partial charge >= 0.3 is 6.18 Å². The zero-order chi connectivity index (χ0) is 22.2. The topological polar surface area (TPSA) is 97.1 Å². The summed E-state index contributed by atoms with van der Waals surface area (Å²) in [5.41, 5.74) is 7.95. The zero-order valence-corrected chi connectivity index (χ0v) is 15.9. The Kier molecular flexibility index (Phi) is 4.91. The van der Waals surface area contributed by atoms with Gasteiger partial charge in [-0.2, -0.15) is 18.4 Å². The van der Waals surface area contributed by atoms with Crippen molar-refractivity contribution in [1.82, 2.24) is 14.4 Å². The van der Waals surface area contributed by atoms with E-state index in [-0.39, 0.29) is 5.69 Å². The van der Waals surface area contributed by atoms with Crippen molar-refractivity contribution >= 4 is 11.6 Å². The first-order chi connectivity index (χ1) is 14.8. The van der Waals surface area contributed by atoms with Crippen LogP contribution in [0.15, 0.2) is 60.9 Å². The van der Waals surface area contributed by atoms with E-state index < -0.39 is 17.6 Å². The van der Waals surface area contributed by atoms with Crippen LogP contribution in [-0.4, -0.2) is 20.3 Å². The third-order valence-electron chi connectivity index (χ3n) is 4.77. The smallest absolute Gasteiger partial charge is 0.364 e. The van der Waals surface area contributed by atoms with E-state index in [9.17, 15) is 18.0 Å². The zero-order valence-electron chi connectivity index (χ0n) is 15.9. The van der Waals surface area contributed by atoms with Crippen molar-refractivity contribution in [2.75, 3.05) is 0 Å². The van der Waals surface area contributed by atoms with Crippen molar-refractivity contribution in [3.8, 4) is 17.3 Å². The van der Waals surface area contributed by atoms with E-state index in [2.05, 4.69) is 9.97 Å². The van der Waals surface area contributed by atoms with Crippen molar-refractivity contribution in [3.05, 3.63) is 89.0 Å². The first-order valence-electron chi connectivity index (χ1n) is 9.09. The molecule has 0 bridgehead atoms. The summed E-state index contributed by atoms with van der Waals surface area (Å²) in [6.07, 6.45) is -1.29. The minimum Gasteiger partial charge on any atom is -0.364 e. The Labute approximate surface area is 174 Å². The fraction of sp³-hybridized carbons (Fsp3) is 0.0909. The first kappa shape index (κ1) is 20.1. The average Bonchev–Trinajstić information content (AvgIpc) is 3.10. The third-order valence-corrected chi connectivity index (χ3v) is 4.77. The Morgan fingerprint density at radius 2 is 1.77 bits per heavy atom. The number of nitrogens with two attached hydrogens (primary N) is 1. The third kappa shape index (κ3) is 3.96. The monoisotopic (exact) mass is 421 g/mol. The van der Waals surface area contributed by atoms with Crippen LogP contribution in [0.1, 0.15) is 32.9 Å². The molecule has 0 spiro atoms. The molecule has 0 aliphatic heterocycles. The van der Waals surface area contributed by atoms with Crippen molar-refractivity contribution in [1.29, 1.82) is 5.26 Å². The Bertz CT molecular complexity index is 1320. The summed E-state index contributed by atoms with van der Waals surface area (Å²) in [5.74, 6) is -0.734. The summed E-state index contributed by atoms with van der Waals surface area (Å²) in [5, 5.41) is 8.97. The van der Waals surface area contributed by atoms with Gasteiger partial charge in [0, 0.05) is 18.2 Å². The number of alkyl halides is 3. The van der Waals surface area contributed by atoms with E-state index >= 15 is 0 Å². The molecule has 0 atom stereocenters. The van der Waals surface area contributed by atoms with E-state index in [0.29, 0.717) is 34.6 Å². The van der Waals surface area contributed by atoms with Crippen LogP contribution in [0.4, 0.5) is 13.2 Å². The van der Waals surface area contributed by atoms with E-state index in [0.717, 1.165) is 17.7 Å². The van der Waals surface area contributed by atoms with Crippen LogP contribution < -0.4 is 5.73 Å². The SMILES string of the molecule is N#Cc1ccc(Cc2nc3cnc(C(N)=O)cn3c2-c2ccc(C(F)(F)F)cc2)cc1. The molecule has 9 heteroatoms. The van der Waals surface area contributed by atoms with Gasteiger partial charge in [-0.1, -0.05) is 24.3 Å². The van der Waals surface area contributed by atoms with Gasteiger partial charge in [-0.15, -0.1) is 0 Å². The maximum Gasteiger partial charge on any atom is 0.416 e. The Morgan fingerprint density at radius 3 is 2.35 bits per heavy atom. The van der Waals surface area contributed by atoms with Crippen molar-refractivity contribution in [2.45, 2.75) is 12.6 Å². The molecule has 0 aliphatic rings. The molecule has 2 aromatic heterocycles. The van der Waals surface area contributed by atoms with E-state index in [1.807, 2.05) is 6.07 Å². The Morgan fingerprint density at radius 1 is 1.10 bits per heavy atom. The summed E-state index contributed by atoms with van der Waals surface area (Å²) in [4.78, 5) is 20.1. The van der Waals surface area contributed by atoms with E-state index in [1.165, 1.54) is 24.5 Å². The van der Waals surface area contributed by atoms with Crippen LogP contribution in [-0.2, 0) is 12.6 Å². The number of primary amides is 1. The van der Waals surface area contributed by atoms with Gasteiger partial charge in [-0.25, -0.2) is 9.97 Å². The summed E-state index contributed by atoms with van der Waals surface area (Å²) >= 11 is 0. The molecule has 2 aromatic carbocycles. The number of amides is 1. The number of rotatable bonds is 4. The van der Waals surface area contributed by atoms with Gasteiger partial charge in [0.2, 0.25) is 0 Å². The molecule has 2 N–H and O–H groups in total. The molecule has 0 saturated heterocycles. The van der Waals surface area contributed by atoms with Crippen molar-refractivity contribution in [2.24, 2.45) is 5.73 Å². The number of hydrogen-bond donors (Lipinski definition) is 1. The summed E-state index contributed by atoms with van der Waals surface area (Å²) in [7, 11) is 0. The molecule has 2 heterocycles. The number of nitrogens with zero attached hydrogens (tertiary/aromatic N) is 4. The molecule has 0 saturated carbocycles. The van der Waals surface area contributed by atoms with E-state index in [1.54, 1.807) is 28.7 Å². The highest BCUT2D eigenvalue weighted by atomic mass is 19.4. The molecule has 6 nitrogen and oxygen atoms in total. The van der Waals surface area contributed by atoms with Crippen LogP contribution in [0.5, 0.6) is 0 Å². The fourth-order valence-electron chi connectivity index (χ4n) is 3.27. The van der Waals surface area contributed by atoms with Gasteiger partial charge in [-0.05, 0) is 29.8 Å². The summed E-state index contributed by atoms with van der Waals surface area (Å²) < 4.78 is 40.5. The lowest BCUT2D eigenvalue weighted by Crippen LogP contribution is -2.14. The predicted molar refractivity (Wildman–Crippen MR) is 106 cm³/mol. The molecule has 31 heavy (non-hydrogen) atoms. The number of carbonyl (C=O) groups is 1. The van der Waals surface area contributed by atoms with Gasteiger partial charge in [0.05, 0.1) is 34.8 Å². The van der Waals surface area contributed by atoms with Crippen LogP contribution in [0.25, 0.3) is 16.9 Å². The van der Waals surface area contributed by atoms with Gasteiger partial charge in [0.1, 0.15) is 5.69 Å². The molecule has 0 fully saturated rings. The lowest BCUT2D eigenvalue weighted by molar-refractivity contribution is -0.137. The minimum atomic E-state index is -4.45. The van der Waals surface area contributed by atoms with Crippen molar-refractivity contribution < 1.29 is 18.0 Å². The second kappa shape index (κ2) is 7.57. The van der Waals surface area contributed by atoms with Gasteiger partial charge in [-0.3, -0.25) is 9.20 Å². The number of aromatic nitrogens is 3. The number of benzene rings is 2. The highest BCUT2D eigenvalue weighted by Gasteiger charge is 2.30. The van der Waals surface area contributed by atoms with Crippen LogP contribution in [0.2, 0.25) is 0 Å². The first-order valence-corrected chi connectivity index (χ1v) is 9.09. The van der Waals surface area contributed by atoms with Gasteiger partial charge < -0.3 is 5.73 Å². The molecule has 154 valence electrons. The molecular weight excluding hydrogens is 407 g/mol. The maximum atomic E-state index is 13.0. The second-order valence-electron chi connectivity index (χ2n) is 6.83. The van der Waals surface area contributed by atoms with Gasteiger partial charge in [0.25, 0.3) is 5.91 Å². The Balaban J connectivity index is 1.86. The lowest BCUT2D eigenvalue weighted by Gasteiger charge is -2.10. The lowest BCUT2D eigenvalue weighted by atomic mass is 10.0. The number of carbonyl (C=O) groups excluding carboxylic acids is 1. The van der Waals surface area contributed by atoms with E-state index in [4.69, 9.17) is 11.0 Å². The number of hydrogen-bond acceptors (Lipinski definition) is 4. The minimum absolute atomic E-state index is 0.00276. The Hall–Kier alpha value is -4.19. The fourth-order valence-corrected chi connectivity index (χ4v) is 3.27. The summed E-state index contributed by atoms with van der Waals surface area (Å²) in [6, 6.07) is 13.7. The molecule has 4 aromatic rings. The quantitative estimate of drug-likeness (QED) is 0.539. The molecular formula is C22H14F3N5O. The second-order valence-corrected chi connectivity index (χ2v) is 6.83. The maximum absolute atomic E-state index is 13.0. The van der Waals surface area contributed by atoms with Crippen LogP contribution >= 0.6 is 0 Å². The highest BCUT2D eigenvalue weighted by Crippen LogP contribution is 2.33.